The van der Waals surface area contributed by atoms with Crippen LogP contribution in [-0.2, 0) is 6.18 Å². The third kappa shape index (κ3) is 2.99. The number of anilines is 1. The Kier molecular flexibility index (Phi) is 4.04. The first-order valence-electron chi connectivity index (χ1n) is 7.41. The van der Waals surface area contributed by atoms with E-state index < -0.39 is 17.6 Å². The average Bonchev–Trinajstić information content (AvgIpc) is 3.30. The van der Waals surface area contributed by atoms with Gasteiger partial charge in [-0.15, -0.1) is 22.7 Å². The Hall–Kier alpha value is -2.65. The summed E-state index contributed by atoms with van der Waals surface area (Å²) < 4.78 is 40.9. The van der Waals surface area contributed by atoms with Gasteiger partial charge in [-0.05, 0) is 23.6 Å². The van der Waals surface area contributed by atoms with Gasteiger partial charge in [0.1, 0.15) is 11.4 Å². The number of thiazole rings is 1. The second-order valence-electron chi connectivity index (χ2n) is 5.37. The Morgan fingerprint density at radius 2 is 1.92 bits per heavy atom. The second-order valence-corrected chi connectivity index (χ2v) is 7.16. The van der Waals surface area contributed by atoms with E-state index in [4.69, 9.17) is 0 Å². The van der Waals surface area contributed by atoms with Gasteiger partial charge in [0.05, 0.1) is 16.1 Å². The quantitative estimate of drug-likeness (QED) is 0.507. The number of halogens is 3. The number of para-hydroxylation sites is 1. The zero-order valence-corrected chi connectivity index (χ0v) is 14.6. The molecule has 0 aliphatic carbocycles. The number of benzene rings is 1. The van der Waals surface area contributed by atoms with Gasteiger partial charge in [0.2, 0.25) is 0 Å². The zero-order chi connectivity index (χ0) is 18.3. The van der Waals surface area contributed by atoms with Gasteiger partial charge >= 0.3 is 6.18 Å². The lowest BCUT2D eigenvalue weighted by Crippen LogP contribution is -2.17. The van der Waals surface area contributed by atoms with Crippen LogP contribution < -0.4 is 5.32 Å². The average molecular weight is 393 g/mol. The van der Waals surface area contributed by atoms with Crippen molar-refractivity contribution in [3.63, 3.8) is 0 Å². The van der Waals surface area contributed by atoms with Crippen molar-refractivity contribution >= 4 is 39.2 Å². The fraction of sp³-hybridized carbons (Fsp3) is 0.0588. The van der Waals surface area contributed by atoms with Crippen LogP contribution in [0.3, 0.4) is 0 Å². The molecule has 26 heavy (non-hydrogen) atoms. The SMILES string of the molecule is O=C(Nc1ccccc1C(F)(F)F)c1csc2nc(-c3cccs3)cn12. The number of carbonyl (C=O) groups excluding carboxylic acids is 1. The summed E-state index contributed by atoms with van der Waals surface area (Å²) in [6.07, 6.45) is -2.84. The summed E-state index contributed by atoms with van der Waals surface area (Å²) in [7, 11) is 0. The monoisotopic (exact) mass is 393 g/mol. The molecule has 4 nitrogen and oxygen atoms in total. The standard InChI is InChI=1S/C17H10F3N3OS2/c18-17(19,20)10-4-1-2-5-11(10)21-15(24)13-9-26-16-22-12(8-23(13)16)14-6-3-7-25-14/h1-9H,(H,21,24). The van der Waals surface area contributed by atoms with Crippen molar-refractivity contribution in [2.75, 3.05) is 5.32 Å². The van der Waals surface area contributed by atoms with Crippen LogP contribution in [0, 0.1) is 0 Å². The van der Waals surface area contributed by atoms with Gasteiger partial charge in [-0.1, -0.05) is 18.2 Å². The summed E-state index contributed by atoms with van der Waals surface area (Å²) in [6.45, 7) is 0. The third-order valence-corrected chi connectivity index (χ3v) is 5.43. The van der Waals surface area contributed by atoms with Gasteiger partial charge in [-0.3, -0.25) is 9.20 Å². The fourth-order valence-corrected chi connectivity index (χ4v) is 4.05. The normalized spacial score (nSPS) is 11.8. The number of alkyl halides is 3. The number of amides is 1. The molecule has 0 saturated heterocycles. The van der Waals surface area contributed by atoms with E-state index in [0.717, 1.165) is 16.6 Å². The van der Waals surface area contributed by atoms with Crippen LogP contribution in [0.4, 0.5) is 18.9 Å². The number of hydrogen-bond donors (Lipinski definition) is 1. The number of rotatable bonds is 3. The molecule has 4 aromatic rings. The topological polar surface area (TPSA) is 46.4 Å². The Morgan fingerprint density at radius 3 is 2.65 bits per heavy atom. The summed E-state index contributed by atoms with van der Waals surface area (Å²) in [4.78, 5) is 18.6. The minimum Gasteiger partial charge on any atom is -0.320 e. The Bertz CT molecular complexity index is 1080. The zero-order valence-electron chi connectivity index (χ0n) is 12.9. The lowest BCUT2D eigenvalue weighted by atomic mass is 10.1. The van der Waals surface area contributed by atoms with E-state index in [1.54, 1.807) is 16.0 Å². The summed E-state index contributed by atoms with van der Waals surface area (Å²) in [6, 6.07) is 8.70. The van der Waals surface area contributed by atoms with Gasteiger partial charge in [0.15, 0.2) is 4.96 Å². The lowest BCUT2D eigenvalue weighted by molar-refractivity contribution is -0.136. The van der Waals surface area contributed by atoms with Crippen molar-refractivity contribution in [1.29, 1.82) is 0 Å². The number of aromatic nitrogens is 2. The van der Waals surface area contributed by atoms with Crippen LogP contribution in [0.5, 0.6) is 0 Å². The minimum atomic E-state index is -4.55. The number of fused-ring (bicyclic) bond motifs is 1. The largest absolute Gasteiger partial charge is 0.418 e. The van der Waals surface area contributed by atoms with Crippen LogP contribution in [0.25, 0.3) is 15.5 Å². The molecule has 0 unspecified atom stereocenters. The molecule has 0 aliphatic rings. The summed E-state index contributed by atoms with van der Waals surface area (Å²) in [5.41, 5.74) is -0.207. The molecule has 0 bridgehead atoms. The molecule has 0 spiro atoms. The van der Waals surface area contributed by atoms with Crippen molar-refractivity contribution in [2.45, 2.75) is 6.18 Å². The molecular formula is C17H10F3N3OS2. The first kappa shape index (κ1) is 16.8. The number of nitrogens with zero attached hydrogens (tertiary/aromatic N) is 2. The maximum Gasteiger partial charge on any atom is 0.418 e. The number of hydrogen-bond acceptors (Lipinski definition) is 4. The number of carbonyl (C=O) groups is 1. The first-order chi connectivity index (χ1) is 12.4. The molecule has 0 saturated carbocycles. The summed E-state index contributed by atoms with van der Waals surface area (Å²) in [5.74, 6) is -0.622. The van der Waals surface area contributed by atoms with Gasteiger partial charge < -0.3 is 5.32 Å². The van der Waals surface area contributed by atoms with E-state index in [9.17, 15) is 18.0 Å². The summed E-state index contributed by atoms with van der Waals surface area (Å²) in [5, 5.41) is 5.85. The predicted octanol–water partition coefficient (Wildman–Crippen LogP) is 5.40. The van der Waals surface area contributed by atoms with E-state index >= 15 is 0 Å². The Labute approximate surface area is 153 Å². The molecule has 0 fully saturated rings. The van der Waals surface area contributed by atoms with Crippen molar-refractivity contribution in [2.24, 2.45) is 0 Å². The molecule has 0 aliphatic heterocycles. The highest BCUT2D eigenvalue weighted by Crippen LogP contribution is 2.35. The predicted molar refractivity (Wildman–Crippen MR) is 95.8 cm³/mol. The van der Waals surface area contributed by atoms with Gasteiger partial charge in [0.25, 0.3) is 5.91 Å². The number of thiophene rings is 1. The lowest BCUT2D eigenvalue weighted by Gasteiger charge is -2.13. The molecule has 0 atom stereocenters. The molecule has 4 rings (SSSR count). The molecule has 1 N–H and O–H groups in total. The number of imidazole rings is 1. The maximum absolute atomic E-state index is 13.1. The molecule has 3 heterocycles. The number of nitrogens with one attached hydrogen (secondary N) is 1. The van der Waals surface area contributed by atoms with E-state index in [1.165, 1.54) is 40.9 Å². The molecule has 1 aromatic carbocycles. The van der Waals surface area contributed by atoms with Crippen LogP contribution >= 0.6 is 22.7 Å². The van der Waals surface area contributed by atoms with Gasteiger partial charge in [-0.2, -0.15) is 13.2 Å². The smallest absolute Gasteiger partial charge is 0.320 e. The van der Waals surface area contributed by atoms with Crippen LogP contribution in [0.1, 0.15) is 16.1 Å². The molecule has 132 valence electrons. The molecule has 0 radical (unpaired) electrons. The van der Waals surface area contributed by atoms with Crippen LogP contribution in [0.2, 0.25) is 0 Å². The fourth-order valence-electron chi connectivity index (χ4n) is 2.52. The first-order valence-corrected chi connectivity index (χ1v) is 9.17. The van der Waals surface area contributed by atoms with Gasteiger partial charge in [0, 0.05) is 11.6 Å². The van der Waals surface area contributed by atoms with Crippen molar-refractivity contribution in [1.82, 2.24) is 9.38 Å². The van der Waals surface area contributed by atoms with E-state index in [-0.39, 0.29) is 11.4 Å². The van der Waals surface area contributed by atoms with Crippen LogP contribution in [-0.4, -0.2) is 15.3 Å². The minimum absolute atomic E-state index is 0.234. The van der Waals surface area contributed by atoms with E-state index in [2.05, 4.69) is 10.3 Å². The Balaban J connectivity index is 1.68. The Morgan fingerprint density at radius 1 is 1.12 bits per heavy atom. The highest BCUT2D eigenvalue weighted by molar-refractivity contribution is 7.15. The third-order valence-electron chi connectivity index (χ3n) is 3.70. The summed E-state index contributed by atoms with van der Waals surface area (Å²) >= 11 is 2.77. The second kappa shape index (κ2) is 6.26. The van der Waals surface area contributed by atoms with E-state index in [0.29, 0.717) is 4.96 Å². The maximum atomic E-state index is 13.1. The van der Waals surface area contributed by atoms with Crippen molar-refractivity contribution in [3.05, 3.63) is 64.6 Å². The van der Waals surface area contributed by atoms with E-state index in [1.807, 2.05) is 17.5 Å². The van der Waals surface area contributed by atoms with Crippen LogP contribution in [0.15, 0.2) is 53.4 Å². The molecule has 3 aromatic heterocycles. The highest BCUT2D eigenvalue weighted by atomic mass is 32.1. The van der Waals surface area contributed by atoms with Gasteiger partial charge in [-0.25, -0.2) is 4.98 Å². The molecule has 1 amide bonds. The highest BCUT2D eigenvalue weighted by Gasteiger charge is 2.33. The molecule has 9 heteroatoms. The van der Waals surface area contributed by atoms with Crippen molar-refractivity contribution in [3.8, 4) is 10.6 Å². The van der Waals surface area contributed by atoms with Crippen molar-refractivity contribution < 1.29 is 18.0 Å². The molecular weight excluding hydrogens is 383 g/mol.